The van der Waals surface area contributed by atoms with Crippen LogP contribution in [0.5, 0.6) is 0 Å². The first kappa shape index (κ1) is 16.0. The molecule has 6 nitrogen and oxygen atoms in total. The van der Waals surface area contributed by atoms with Crippen LogP contribution in [-0.2, 0) is 0 Å². The number of hydrogen-bond donors (Lipinski definition) is 2. The molecule has 2 heterocycles. The van der Waals surface area contributed by atoms with Gasteiger partial charge in [0.1, 0.15) is 17.2 Å². The zero-order valence-corrected chi connectivity index (χ0v) is 14.2. The van der Waals surface area contributed by atoms with Crippen LogP contribution in [0.3, 0.4) is 0 Å². The van der Waals surface area contributed by atoms with Crippen LogP contribution in [0, 0.1) is 11.3 Å². The Morgan fingerprint density at radius 1 is 0.962 bits per heavy atom. The fourth-order valence-corrected chi connectivity index (χ4v) is 2.92. The molecule has 0 aliphatic heterocycles. The maximum atomic E-state index is 9.51. The Balaban J connectivity index is 1.71. The van der Waals surface area contributed by atoms with Gasteiger partial charge in [-0.15, -0.1) is 0 Å². The van der Waals surface area contributed by atoms with Gasteiger partial charge >= 0.3 is 0 Å². The van der Waals surface area contributed by atoms with Crippen LogP contribution in [0.1, 0.15) is 19.3 Å². The molecule has 128 valence electrons. The molecule has 1 fully saturated rings. The van der Waals surface area contributed by atoms with E-state index in [-0.39, 0.29) is 0 Å². The van der Waals surface area contributed by atoms with Crippen molar-refractivity contribution in [1.29, 1.82) is 5.26 Å². The Kier molecular flexibility index (Phi) is 4.20. The molecule has 4 rings (SSSR count). The van der Waals surface area contributed by atoms with Gasteiger partial charge in [-0.3, -0.25) is 4.98 Å². The summed E-state index contributed by atoms with van der Waals surface area (Å²) in [5.74, 6) is 1.93. The van der Waals surface area contributed by atoms with Crippen molar-refractivity contribution in [2.75, 3.05) is 10.6 Å². The second-order valence-electron chi connectivity index (χ2n) is 6.36. The zero-order valence-electron chi connectivity index (χ0n) is 14.2. The van der Waals surface area contributed by atoms with Gasteiger partial charge in [0.25, 0.3) is 0 Å². The van der Waals surface area contributed by atoms with E-state index in [2.05, 4.69) is 31.7 Å². The normalized spacial score (nSPS) is 14.7. The fraction of sp³-hybridized carbons (Fsp3) is 0.200. The molecule has 2 aromatic heterocycles. The Hall–Kier alpha value is -3.46. The number of nitriles is 1. The molecule has 0 spiro atoms. The van der Waals surface area contributed by atoms with Crippen LogP contribution < -0.4 is 10.6 Å². The Morgan fingerprint density at radius 2 is 1.69 bits per heavy atom. The van der Waals surface area contributed by atoms with Crippen molar-refractivity contribution < 1.29 is 0 Å². The average molecular weight is 342 g/mol. The summed E-state index contributed by atoms with van der Waals surface area (Å²) in [6.45, 7) is 0. The molecular formula is C20H18N6. The molecule has 6 heteroatoms. The molecule has 1 aliphatic rings. The number of nitrogens with one attached hydrogen (secondary N) is 2. The Morgan fingerprint density at radius 3 is 2.35 bits per heavy atom. The quantitative estimate of drug-likeness (QED) is 0.724. The minimum absolute atomic E-state index is 0.518. The van der Waals surface area contributed by atoms with Crippen LogP contribution in [-0.4, -0.2) is 20.5 Å². The van der Waals surface area contributed by atoms with Crippen LogP contribution in [0.25, 0.3) is 11.4 Å². The van der Waals surface area contributed by atoms with E-state index in [0.717, 1.165) is 30.5 Å². The van der Waals surface area contributed by atoms with Crippen LogP contribution >= 0.6 is 0 Å². The average Bonchev–Trinajstić information content (AvgIpc) is 2.66. The molecule has 1 saturated carbocycles. The molecular weight excluding hydrogens is 324 g/mol. The monoisotopic (exact) mass is 342 g/mol. The maximum Gasteiger partial charge on any atom is 0.163 e. The largest absolute Gasteiger partial charge is 0.352 e. The predicted octanol–water partition coefficient (Wildman–Crippen LogP) is 4.14. The van der Waals surface area contributed by atoms with Gasteiger partial charge in [-0.1, -0.05) is 30.3 Å². The SMILES string of the molecule is N#CC1(Nc2cc(Nc3ccncc3)nc(-c3ccccc3)n2)CCC1. The smallest absolute Gasteiger partial charge is 0.163 e. The molecule has 0 atom stereocenters. The second kappa shape index (κ2) is 6.81. The number of anilines is 3. The summed E-state index contributed by atoms with van der Waals surface area (Å²) in [7, 11) is 0. The van der Waals surface area contributed by atoms with E-state index in [0.29, 0.717) is 17.5 Å². The molecule has 2 N–H and O–H groups in total. The van der Waals surface area contributed by atoms with Crippen molar-refractivity contribution in [3.8, 4) is 17.5 Å². The van der Waals surface area contributed by atoms with Gasteiger partial charge in [-0.05, 0) is 31.4 Å². The van der Waals surface area contributed by atoms with E-state index >= 15 is 0 Å². The van der Waals surface area contributed by atoms with Gasteiger partial charge < -0.3 is 10.6 Å². The van der Waals surface area contributed by atoms with Crippen molar-refractivity contribution in [3.63, 3.8) is 0 Å². The first-order valence-corrected chi connectivity index (χ1v) is 8.57. The fourth-order valence-electron chi connectivity index (χ4n) is 2.92. The molecule has 0 radical (unpaired) electrons. The summed E-state index contributed by atoms with van der Waals surface area (Å²) in [6, 6.07) is 17.8. The van der Waals surface area contributed by atoms with E-state index in [1.54, 1.807) is 12.4 Å². The van der Waals surface area contributed by atoms with Crippen LogP contribution in [0.4, 0.5) is 17.3 Å². The van der Waals surface area contributed by atoms with Crippen molar-refractivity contribution in [3.05, 3.63) is 60.9 Å². The lowest BCUT2D eigenvalue weighted by Crippen LogP contribution is -2.43. The molecule has 0 bridgehead atoms. The van der Waals surface area contributed by atoms with E-state index < -0.39 is 5.54 Å². The molecule has 26 heavy (non-hydrogen) atoms. The summed E-state index contributed by atoms with van der Waals surface area (Å²) in [5.41, 5.74) is 1.30. The topological polar surface area (TPSA) is 86.5 Å². The van der Waals surface area contributed by atoms with Gasteiger partial charge in [-0.2, -0.15) is 5.26 Å². The van der Waals surface area contributed by atoms with Gasteiger partial charge in [-0.25, -0.2) is 9.97 Å². The van der Waals surface area contributed by atoms with Crippen LogP contribution in [0.2, 0.25) is 0 Å². The molecule has 1 aliphatic carbocycles. The summed E-state index contributed by atoms with van der Waals surface area (Å²) < 4.78 is 0. The number of benzene rings is 1. The Labute approximate surface area is 152 Å². The molecule has 3 aromatic rings. The molecule has 1 aromatic carbocycles. The van der Waals surface area contributed by atoms with Crippen molar-refractivity contribution in [2.45, 2.75) is 24.8 Å². The van der Waals surface area contributed by atoms with E-state index in [1.807, 2.05) is 48.5 Å². The highest BCUT2D eigenvalue weighted by Crippen LogP contribution is 2.35. The molecule has 0 saturated heterocycles. The third kappa shape index (κ3) is 3.33. The van der Waals surface area contributed by atoms with Crippen molar-refractivity contribution in [2.24, 2.45) is 0 Å². The van der Waals surface area contributed by atoms with Gasteiger partial charge in [0.05, 0.1) is 6.07 Å². The third-order valence-corrected chi connectivity index (χ3v) is 4.50. The van der Waals surface area contributed by atoms with E-state index in [4.69, 9.17) is 0 Å². The van der Waals surface area contributed by atoms with Gasteiger partial charge in [0.15, 0.2) is 5.82 Å². The lowest BCUT2D eigenvalue weighted by molar-refractivity contribution is 0.355. The second-order valence-corrected chi connectivity index (χ2v) is 6.36. The van der Waals surface area contributed by atoms with Crippen LogP contribution in [0.15, 0.2) is 60.9 Å². The summed E-state index contributed by atoms with van der Waals surface area (Å²) >= 11 is 0. The van der Waals surface area contributed by atoms with Crippen molar-refractivity contribution >= 4 is 17.3 Å². The number of hydrogen-bond acceptors (Lipinski definition) is 6. The standard InChI is InChI=1S/C20H18N6/c21-14-20(9-4-10-20)26-18-13-17(23-16-7-11-22-12-8-16)24-19(25-18)15-5-2-1-3-6-15/h1-3,5-8,11-13H,4,9-10H2,(H2,22,23,24,25,26). The summed E-state index contributed by atoms with van der Waals surface area (Å²) in [6.07, 6.45) is 6.17. The minimum atomic E-state index is -0.518. The van der Waals surface area contributed by atoms with E-state index in [9.17, 15) is 5.26 Å². The lowest BCUT2D eigenvalue weighted by Gasteiger charge is -2.36. The number of nitrogens with zero attached hydrogens (tertiary/aromatic N) is 4. The number of rotatable bonds is 5. The third-order valence-electron chi connectivity index (χ3n) is 4.50. The number of aromatic nitrogens is 3. The highest BCUT2D eigenvalue weighted by Gasteiger charge is 2.37. The first-order valence-electron chi connectivity index (χ1n) is 8.57. The van der Waals surface area contributed by atoms with Gasteiger partial charge in [0, 0.05) is 29.7 Å². The minimum Gasteiger partial charge on any atom is -0.352 e. The van der Waals surface area contributed by atoms with Gasteiger partial charge in [0.2, 0.25) is 0 Å². The molecule has 0 unspecified atom stereocenters. The maximum absolute atomic E-state index is 9.51. The lowest BCUT2D eigenvalue weighted by atomic mass is 9.78. The molecule has 0 amide bonds. The Bertz CT molecular complexity index is 930. The summed E-state index contributed by atoms with van der Waals surface area (Å²) in [5, 5.41) is 16.1. The highest BCUT2D eigenvalue weighted by atomic mass is 15.1. The van der Waals surface area contributed by atoms with E-state index in [1.165, 1.54) is 0 Å². The highest BCUT2D eigenvalue weighted by molar-refractivity contribution is 5.65. The first-order chi connectivity index (χ1) is 12.8. The number of pyridine rings is 1. The predicted molar refractivity (Wildman–Crippen MR) is 101 cm³/mol. The van der Waals surface area contributed by atoms with Crippen molar-refractivity contribution in [1.82, 2.24) is 15.0 Å². The zero-order chi connectivity index (χ0) is 17.8. The summed E-state index contributed by atoms with van der Waals surface area (Å²) in [4.78, 5) is 13.3.